The van der Waals surface area contributed by atoms with Gasteiger partial charge < -0.3 is 9.47 Å². The van der Waals surface area contributed by atoms with Gasteiger partial charge in [0.15, 0.2) is 0 Å². The Morgan fingerprint density at radius 3 is 2.44 bits per heavy atom. The summed E-state index contributed by atoms with van der Waals surface area (Å²) in [6.45, 7) is 7.89. The van der Waals surface area contributed by atoms with Crippen molar-refractivity contribution in [3.8, 4) is 16.9 Å². The van der Waals surface area contributed by atoms with Gasteiger partial charge in [0.25, 0.3) is 0 Å². The Morgan fingerprint density at radius 1 is 1.08 bits per heavy atom. The monoisotopic (exact) mass is 338 g/mol. The Kier molecular flexibility index (Phi) is 7.27. The molecular formula is C22H26O3. The van der Waals surface area contributed by atoms with Gasteiger partial charge in [0.05, 0.1) is 6.61 Å². The van der Waals surface area contributed by atoms with Crippen LogP contribution in [-0.2, 0) is 9.53 Å². The number of hydrogen-bond donors (Lipinski definition) is 0. The van der Waals surface area contributed by atoms with E-state index in [1.807, 2.05) is 43.3 Å². The Bertz CT molecular complexity index is 691. The third kappa shape index (κ3) is 5.79. The fourth-order valence-corrected chi connectivity index (χ4v) is 2.54. The molecule has 0 N–H and O–H groups in total. The Balaban J connectivity index is 1.88. The predicted octanol–water partition coefficient (Wildman–Crippen LogP) is 5.41. The fourth-order valence-electron chi connectivity index (χ4n) is 2.54. The van der Waals surface area contributed by atoms with Crippen molar-refractivity contribution in [2.24, 2.45) is 0 Å². The average molecular weight is 338 g/mol. The van der Waals surface area contributed by atoms with E-state index >= 15 is 0 Å². The molecule has 0 aliphatic rings. The molecule has 0 bridgehead atoms. The minimum absolute atomic E-state index is 0.0860. The van der Waals surface area contributed by atoms with Gasteiger partial charge in [-0.3, -0.25) is 0 Å². The predicted molar refractivity (Wildman–Crippen MR) is 102 cm³/mol. The third-order valence-electron chi connectivity index (χ3n) is 3.98. The quantitative estimate of drug-likeness (QED) is 0.348. The summed E-state index contributed by atoms with van der Waals surface area (Å²) in [7, 11) is 0. The lowest BCUT2D eigenvalue weighted by molar-refractivity contribution is -0.144. The minimum Gasteiger partial charge on any atom is -0.493 e. The summed E-state index contributed by atoms with van der Waals surface area (Å²) in [5, 5.41) is 0. The topological polar surface area (TPSA) is 35.5 Å². The number of hydrogen-bond acceptors (Lipinski definition) is 3. The first-order valence-corrected chi connectivity index (χ1v) is 8.75. The van der Waals surface area contributed by atoms with E-state index in [-0.39, 0.29) is 12.1 Å². The number of benzene rings is 2. The van der Waals surface area contributed by atoms with E-state index in [0.717, 1.165) is 36.1 Å². The molecule has 1 atom stereocenters. The second kappa shape index (κ2) is 9.67. The highest BCUT2D eigenvalue weighted by molar-refractivity contribution is 5.87. The van der Waals surface area contributed by atoms with E-state index in [9.17, 15) is 4.79 Å². The van der Waals surface area contributed by atoms with Crippen LogP contribution >= 0.6 is 0 Å². The number of esters is 1. The second-order valence-corrected chi connectivity index (χ2v) is 6.07. The molecule has 0 amide bonds. The first kappa shape index (κ1) is 18.8. The number of para-hydroxylation sites is 1. The lowest BCUT2D eigenvalue weighted by Gasteiger charge is -2.17. The van der Waals surface area contributed by atoms with Gasteiger partial charge in [0, 0.05) is 11.1 Å². The summed E-state index contributed by atoms with van der Waals surface area (Å²) in [6.07, 6.45) is 2.31. The molecule has 132 valence electrons. The molecule has 0 spiro atoms. The van der Waals surface area contributed by atoms with E-state index in [0.29, 0.717) is 12.2 Å². The normalized spacial score (nSPS) is 11.6. The van der Waals surface area contributed by atoms with Crippen LogP contribution in [0.15, 0.2) is 66.7 Å². The maximum absolute atomic E-state index is 11.6. The van der Waals surface area contributed by atoms with E-state index < -0.39 is 0 Å². The lowest BCUT2D eigenvalue weighted by Crippen LogP contribution is -2.18. The van der Waals surface area contributed by atoms with E-state index in [4.69, 9.17) is 9.47 Å². The molecule has 0 heterocycles. The highest BCUT2D eigenvalue weighted by Crippen LogP contribution is 2.29. The van der Waals surface area contributed by atoms with Gasteiger partial charge in [-0.05, 0) is 37.8 Å². The Hall–Kier alpha value is -2.55. The molecule has 2 aromatic carbocycles. The zero-order valence-electron chi connectivity index (χ0n) is 15.0. The maximum Gasteiger partial charge on any atom is 0.333 e. The molecule has 0 saturated heterocycles. The number of carbonyl (C=O) groups excluding carboxylic acids is 1. The minimum atomic E-state index is -0.317. The van der Waals surface area contributed by atoms with E-state index in [1.165, 1.54) is 0 Å². The van der Waals surface area contributed by atoms with Crippen LogP contribution in [0.3, 0.4) is 0 Å². The van der Waals surface area contributed by atoms with Crippen LogP contribution in [-0.4, -0.2) is 18.7 Å². The molecule has 0 aliphatic heterocycles. The van der Waals surface area contributed by atoms with Crippen LogP contribution in [0.2, 0.25) is 0 Å². The van der Waals surface area contributed by atoms with Gasteiger partial charge in [0.1, 0.15) is 11.9 Å². The van der Waals surface area contributed by atoms with Crippen molar-refractivity contribution < 1.29 is 14.3 Å². The highest BCUT2D eigenvalue weighted by atomic mass is 16.5. The molecule has 3 heteroatoms. The molecule has 2 aromatic rings. The van der Waals surface area contributed by atoms with Gasteiger partial charge in [0.2, 0.25) is 0 Å². The lowest BCUT2D eigenvalue weighted by atomic mass is 10.0. The molecule has 0 aromatic heterocycles. The summed E-state index contributed by atoms with van der Waals surface area (Å²) in [5.41, 5.74) is 2.66. The van der Waals surface area contributed by atoms with Crippen LogP contribution in [0.25, 0.3) is 11.1 Å². The number of carbonyl (C=O) groups is 1. The molecule has 2 rings (SSSR count). The first-order chi connectivity index (χ1) is 12.1. The number of rotatable bonds is 9. The molecule has 0 fully saturated rings. The zero-order chi connectivity index (χ0) is 18.1. The van der Waals surface area contributed by atoms with E-state index in [1.54, 1.807) is 6.92 Å². The fraction of sp³-hybridized carbons (Fsp3) is 0.318. The summed E-state index contributed by atoms with van der Waals surface area (Å²) in [4.78, 5) is 11.6. The first-order valence-electron chi connectivity index (χ1n) is 8.75. The Morgan fingerprint density at radius 2 is 1.76 bits per heavy atom. The molecule has 0 aliphatic carbocycles. The van der Waals surface area contributed by atoms with Crippen LogP contribution in [0.1, 0.15) is 33.1 Å². The van der Waals surface area contributed by atoms with Crippen molar-refractivity contribution in [1.29, 1.82) is 0 Å². The van der Waals surface area contributed by atoms with Crippen molar-refractivity contribution in [3.63, 3.8) is 0 Å². The maximum atomic E-state index is 11.6. The van der Waals surface area contributed by atoms with Gasteiger partial charge in [-0.25, -0.2) is 4.79 Å². The van der Waals surface area contributed by atoms with E-state index in [2.05, 4.69) is 24.8 Å². The van der Waals surface area contributed by atoms with Crippen LogP contribution in [0, 0.1) is 0 Å². The summed E-state index contributed by atoms with van der Waals surface area (Å²) in [6, 6.07) is 18.2. The largest absolute Gasteiger partial charge is 0.493 e. The van der Waals surface area contributed by atoms with Crippen LogP contribution in [0.5, 0.6) is 5.75 Å². The molecule has 1 unspecified atom stereocenters. The van der Waals surface area contributed by atoms with Crippen molar-refractivity contribution in [2.75, 3.05) is 6.61 Å². The van der Waals surface area contributed by atoms with Gasteiger partial charge in [-0.15, -0.1) is 0 Å². The molecular weight excluding hydrogens is 312 g/mol. The summed E-state index contributed by atoms with van der Waals surface area (Å²) < 4.78 is 11.4. The zero-order valence-corrected chi connectivity index (χ0v) is 15.0. The van der Waals surface area contributed by atoms with Crippen molar-refractivity contribution in [3.05, 3.63) is 66.7 Å². The van der Waals surface area contributed by atoms with Crippen molar-refractivity contribution in [1.82, 2.24) is 0 Å². The van der Waals surface area contributed by atoms with Crippen LogP contribution in [0.4, 0.5) is 0 Å². The standard InChI is InChI=1S/C22H26O3/c1-4-19(25-22(23)17(2)3)13-10-16-24-21-15-9-8-14-20(21)18-11-6-5-7-12-18/h5-9,11-12,14-15,19H,2,4,10,13,16H2,1,3H3. The van der Waals surface area contributed by atoms with Gasteiger partial charge >= 0.3 is 5.97 Å². The van der Waals surface area contributed by atoms with Crippen molar-refractivity contribution in [2.45, 2.75) is 39.2 Å². The average Bonchev–Trinajstić information content (AvgIpc) is 2.65. The van der Waals surface area contributed by atoms with Crippen LogP contribution < -0.4 is 4.74 Å². The van der Waals surface area contributed by atoms with Gasteiger partial charge in [-0.1, -0.05) is 62.0 Å². The summed E-state index contributed by atoms with van der Waals surface area (Å²) >= 11 is 0. The van der Waals surface area contributed by atoms with Crippen molar-refractivity contribution >= 4 is 5.97 Å². The number of ether oxygens (including phenoxy) is 2. The molecule has 25 heavy (non-hydrogen) atoms. The SMILES string of the molecule is C=C(C)C(=O)OC(CC)CCCOc1ccccc1-c1ccccc1. The Labute approximate surface area is 150 Å². The smallest absolute Gasteiger partial charge is 0.333 e. The molecule has 0 saturated carbocycles. The molecule has 3 nitrogen and oxygen atoms in total. The second-order valence-electron chi connectivity index (χ2n) is 6.07. The third-order valence-corrected chi connectivity index (χ3v) is 3.98. The molecule has 0 radical (unpaired) electrons. The highest BCUT2D eigenvalue weighted by Gasteiger charge is 2.13. The van der Waals surface area contributed by atoms with Gasteiger partial charge in [-0.2, -0.15) is 0 Å². The summed E-state index contributed by atoms with van der Waals surface area (Å²) in [5.74, 6) is 0.558.